The zero-order chi connectivity index (χ0) is 15.7. The molecule has 0 fully saturated rings. The molecule has 1 atom stereocenters. The van der Waals surface area contributed by atoms with E-state index in [1.54, 1.807) is 11.9 Å². The number of hydrogen-bond acceptors (Lipinski definition) is 4. The Labute approximate surface area is 149 Å². The highest BCUT2D eigenvalue weighted by Crippen LogP contribution is 2.33. The van der Waals surface area contributed by atoms with E-state index in [1.165, 1.54) is 11.3 Å². The van der Waals surface area contributed by atoms with Gasteiger partial charge in [-0.05, 0) is 50.1 Å². The minimum atomic E-state index is -0.171. The third-order valence-corrected chi connectivity index (χ3v) is 6.49. The lowest BCUT2D eigenvalue weighted by atomic mass is 10.2. The Kier molecular flexibility index (Phi) is 4.75. The molecule has 0 saturated heterocycles. The summed E-state index contributed by atoms with van der Waals surface area (Å²) >= 11 is 8.21. The van der Waals surface area contributed by atoms with Crippen molar-refractivity contribution in [3.05, 3.63) is 43.5 Å². The number of halogens is 2. The predicted octanol–water partition coefficient (Wildman–Crippen LogP) is 4.19. The summed E-state index contributed by atoms with van der Waals surface area (Å²) in [6.07, 6.45) is -0.171. The van der Waals surface area contributed by atoms with Crippen LogP contribution in [0, 0.1) is 0 Å². The van der Waals surface area contributed by atoms with Gasteiger partial charge in [-0.1, -0.05) is 12.1 Å². The lowest BCUT2D eigenvalue weighted by Gasteiger charge is -2.29. The molecule has 2 heterocycles. The number of likely N-dealkylation sites (N-methyl/N-ethyl adjacent to an activating group) is 1. The molecule has 0 bridgehead atoms. The third-order valence-electron chi connectivity index (χ3n) is 3.25. The van der Waals surface area contributed by atoms with Gasteiger partial charge in [0.05, 0.1) is 15.2 Å². The Morgan fingerprint density at radius 2 is 2.09 bits per heavy atom. The molecule has 1 aliphatic heterocycles. The van der Waals surface area contributed by atoms with E-state index in [-0.39, 0.29) is 12.0 Å². The van der Waals surface area contributed by atoms with Gasteiger partial charge in [-0.25, -0.2) is 0 Å². The number of para-hydroxylation sites is 2. The van der Waals surface area contributed by atoms with E-state index in [0.29, 0.717) is 18.0 Å². The van der Waals surface area contributed by atoms with Gasteiger partial charge in [0, 0.05) is 11.5 Å². The van der Waals surface area contributed by atoms with Crippen molar-refractivity contribution < 1.29 is 14.3 Å². The molecule has 4 nitrogen and oxygen atoms in total. The number of benzene rings is 1. The van der Waals surface area contributed by atoms with Crippen molar-refractivity contribution in [2.45, 2.75) is 6.10 Å². The SMILES string of the molecule is CN(C[C@H]1COc2ccccc2O1)C(=O)c1cc(Br)c(Br)s1. The molecule has 0 unspecified atom stereocenters. The first kappa shape index (κ1) is 15.8. The highest BCUT2D eigenvalue weighted by molar-refractivity contribution is 9.13. The molecule has 0 spiro atoms. The molecule has 2 aromatic rings. The number of fused-ring (bicyclic) bond motifs is 1. The van der Waals surface area contributed by atoms with Crippen LogP contribution in [-0.4, -0.2) is 37.1 Å². The summed E-state index contributed by atoms with van der Waals surface area (Å²) in [4.78, 5) is 14.8. The predicted molar refractivity (Wildman–Crippen MR) is 93.0 cm³/mol. The number of carbonyl (C=O) groups is 1. The van der Waals surface area contributed by atoms with E-state index in [2.05, 4.69) is 31.9 Å². The molecular formula is C15H13Br2NO3S. The van der Waals surface area contributed by atoms with Crippen molar-refractivity contribution in [2.24, 2.45) is 0 Å². The number of hydrogen-bond donors (Lipinski definition) is 0. The summed E-state index contributed by atoms with van der Waals surface area (Å²) in [6.45, 7) is 0.909. The largest absolute Gasteiger partial charge is 0.486 e. The number of ether oxygens (including phenoxy) is 2. The quantitative estimate of drug-likeness (QED) is 0.709. The van der Waals surface area contributed by atoms with Crippen LogP contribution in [0.15, 0.2) is 38.6 Å². The highest BCUT2D eigenvalue weighted by atomic mass is 79.9. The van der Waals surface area contributed by atoms with Crippen LogP contribution in [0.25, 0.3) is 0 Å². The molecule has 3 rings (SSSR count). The number of rotatable bonds is 3. The lowest BCUT2D eigenvalue weighted by Crippen LogP contribution is -2.41. The van der Waals surface area contributed by atoms with Gasteiger partial charge in [0.2, 0.25) is 0 Å². The second-order valence-electron chi connectivity index (χ2n) is 4.92. The monoisotopic (exact) mass is 445 g/mol. The topological polar surface area (TPSA) is 38.8 Å². The van der Waals surface area contributed by atoms with Crippen LogP contribution in [0.5, 0.6) is 11.5 Å². The van der Waals surface area contributed by atoms with Gasteiger partial charge >= 0.3 is 0 Å². The van der Waals surface area contributed by atoms with E-state index in [4.69, 9.17) is 9.47 Å². The normalized spacial score (nSPS) is 16.4. The summed E-state index contributed by atoms with van der Waals surface area (Å²) in [5.41, 5.74) is 0. The average molecular weight is 447 g/mol. The van der Waals surface area contributed by atoms with Gasteiger partial charge in [0.15, 0.2) is 17.6 Å². The van der Waals surface area contributed by atoms with Crippen LogP contribution in [-0.2, 0) is 0 Å². The second kappa shape index (κ2) is 6.60. The Hall–Kier alpha value is -1.05. The molecule has 1 aromatic carbocycles. The van der Waals surface area contributed by atoms with Gasteiger partial charge in [-0.15, -0.1) is 11.3 Å². The molecule has 0 radical (unpaired) electrons. The first-order chi connectivity index (χ1) is 10.5. The van der Waals surface area contributed by atoms with Gasteiger partial charge in [0.1, 0.15) is 6.61 Å². The Balaban J connectivity index is 1.65. The van der Waals surface area contributed by atoms with E-state index in [1.807, 2.05) is 30.3 Å². The van der Waals surface area contributed by atoms with Crippen LogP contribution in [0.4, 0.5) is 0 Å². The van der Waals surface area contributed by atoms with Crippen molar-refractivity contribution in [3.8, 4) is 11.5 Å². The molecular weight excluding hydrogens is 434 g/mol. The second-order valence-corrected chi connectivity index (χ2v) is 8.14. The molecule has 22 heavy (non-hydrogen) atoms. The Morgan fingerprint density at radius 3 is 2.77 bits per heavy atom. The third kappa shape index (κ3) is 3.31. The maximum atomic E-state index is 12.4. The van der Waals surface area contributed by atoms with Crippen LogP contribution in [0.1, 0.15) is 9.67 Å². The number of amides is 1. The standard InChI is InChI=1S/C15H13Br2NO3S/c1-18(15(19)13-6-10(16)14(17)22-13)7-9-8-20-11-4-2-3-5-12(11)21-9/h2-6,9H,7-8H2,1H3/t9-/m0/s1. The summed E-state index contributed by atoms with van der Waals surface area (Å²) in [7, 11) is 1.77. The number of carbonyl (C=O) groups excluding carboxylic acids is 1. The fraction of sp³-hybridized carbons (Fsp3) is 0.267. The average Bonchev–Trinajstić information content (AvgIpc) is 2.85. The van der Waals surface area contributed by atoms with Crippen LogP contribution < -0.4 is 9.47 Å². The maximum absolute atomic E-state index is 12.4. The summed E-state index contributed by atoms with van der Waals surface area (Å²) in [5.74, 6) is 1.44. The molecule has 0 saturated carbocycles. The van der Waals surface area contributed by atoms with E-state index < -0.39 is 0 Å². The van der Waals surface area contributed by atoms with Gasteiger partial charge in [-0.3, -0.25) is 4.79 Å². The maximum Gasteiger partial charge on any atom is 0.263 e. The minimum Gasteiger partial charge on any atom is -0.486 e. The summed E-state index contributed by atoms with van der Waals surface area (Å²) in [5, 5.41) is 0. The smallest absolute Gasteiger partial charge is 0.263 e. The number of thiophene rings is 1. The van der Waals surface area contributed by atoms with E-state index >= 15 is 0 Å². The van der Waals surface area contributed by atoms with Crippen LogP contribution in [0.3, 0.4) is 0 Å². The van der Waals surface area contributed by atoms with Crippen molar-refractivity contribution in [1.29, 1.82) is 0 Å². The summed E-state index contributed by atoms with van der Waals surface area (Å²) in [6, 6.07) is 9.38. The fourth-order valence-electron chi connectivity index (χ4n) is 2.18. The van der Waals surface area contributed by atoms with Crippen LogP contribution in [0.2, 0.25) is 0 Å². The van der Waals surface area contributed by atoms with Gasteiger partial charge < -0.3 is 14.4 Å². The zero-order valence-corrected chi connectivity index (χ0v) is 15.7. The first-order valence-corrected chi connectivity index (χ1v) is 9.03. The van der Waals surface area contributed by atoms with E-state index in [9.17, 15) is 4.79 Å². The molecule has 1 aliphatic rings. The molecule has 0 N–H and O–H groups in total. The highest BCUT2D eigenvalue weighted by Gasteiger charge is 2.25. The lowest BCUT2D eigenvalue weighted by molar-refractivity contribution is 0.0524. The number of nitrogens with zero attached hydrogens (tertiary/aromatic N) is 1. The van der Waals surface area contributed by atoms with Crippen molar-refractivity contribution in [2.75, 3.05) is 20.2 Å². The first-order valence-electron chi connectivity index (χ1n) is 6.63. The molecule has 7 heteroatoms. The molecule has 116 valence electrons. The molecule has 0 aliphatic carbocycles. The van der Waals surface area contributed by atoms with E-state index in [0.717, 1.165) is 19.8 Å². The molecule has 1 aromatic heterocycles. The fourth-order valence-corrected chi connectivity index (χ4v) is 4.21. The minimum absolute atomic E-state index is 0.0288. The Bertz CT molecular complexity index is 684. The zero-order valence-electron chi connectivity index (χ0n) is 11.7. The Morgan fingerprint density at radius 1 is 1.36 bits per heavy atom. The van der Waals surface area contributed by atoms with Crippen LogP contribution >= 0.6 is 43.2 Å². The van der Waals surface area contributed by atoms with Gasteiger partial charge in [-0.2, -0.15) is 0 Å². The van der Waals surface area contributed by atoms with Gasteiger partial charge in [0.25, 0.3) is 5.91 Å². The summed E-state index contributed by atoms with van der Waals surface area (Å²) < 4.78 is 13.4. The van der Waals surface area contributed by atoms with Crippen molar-refractivity contribution in [1.82, 2.24) is 4.90 Å². The van der Waals surface area contributed by atoms with Crippen molar-refractivity contribution in [3.63, 3.8) is 0 Å². The van der Waals surface area contributed by atoms with Crippen molar-refractivity contribution >= 4 is 49.1 Å². The molecule has 1 amide bonds.